The molecule has 5 heteroatoms. The number of phenolic OH excluding ortho intramolecular Hbond substituents is 1. The van der Waals surface area contributed by atoms with Gasteiger partial charge in [-0.3, -0.25) is 9.69 Å². The number of phenols is 1. The van der Waals surface area contributed by atoms with E-state index in [4.69, 9.17) is 4.74 Å². The Hall–Kier alpha value is -3.15. The Balaban J connectivity index is 1.58. The Kier molecular flexibility index (Phi) is 7.35. The third kappa shape index (κ3) is 5.16. The van der Waals surface area contributed by atoms with Crippen molar-refractivity contribution in [2.75, 3.05) is 13.2 Å². The molecule has 0 aliphatic heterocycles. The maximum atomic E-state index is 13.7. The maximum absolute atomic E-state index is 13.7. The number of ketones is 1. The lowest BCUT2D eigenvalue weighted by Crippen LogP contribution is -2.39. The predicted molar refractivity (Wildman–Crippen MR) is 141 cm³/mol. The molecule has 1 aromatic heterocycles. The highest BCUT2D eigenvalue weighted by Gasteiger charge is 2.22. The molecule has 176 valence electrons. The van der Waals surface area contributed by atoms with Crippen molar-refractivity contribution in [3.63, 3.8) is 0 Å². The van der Waals surface area contributed by atoms with Crippen LogP contribution in [0.1, 0.15) is 43.6 Å². The number of ether oxygens (including phenoxy) is 1. The number of carbonyl (C=O) groups is 1. The van der Waals surface area contributed by atoms with Crippen molar-refractivity contribution in [3.8, 4) is 21.9 Å². The first kappa shape index (κ1) is 24.0. The van der Waals surface area contributed by atoms with Crippen LogP contribution in [0.25, 0.3) is 20.5 Å². The van der Waals surface area contributed by atoms with Gasteiger partial charge in [0.25, 0.3) is 0 Å². The Morgan fingerprint density at radius 1 is 0.941 bits per heavy atom. The predicted octanol–water partition coefficient (Wildman–Crippen LogP) is 7.00. The van der Waals surface area contributed by atoms with E-state index in [9.17, 15) is 9.90 Å². The van der Waals surface area contributed by atoms with E-state index in [-0.39, 0.29) is 11.5 Å². The summed E-state index contributed by atoms with van der Waals surface area (Å²) in [6.45, 7) is 10.2. The molecular weight excluding hydrogens is 442 g/mol. The van der Waals surface area contributed by atoms with Crippen molar-refractivity contribution in [2.24, 2.45) is 0 Å². The van der Waals surface area contributed by atoms with E-state index in [2.05, 4.69) is 32.6 Å². The van der Waals surface area contributed by atoms with Gasteiger partial charge in [-0.05, 0) is 75.7 Å². The Morgan fingerprint density at radius 2 is 1.62 bits per heavy atom. The summed E-state index contributed by atoms with van der Waals surface area (Å²) >= 11 is 1.53. The normalized spacial score (nSPS) is 11.6. The summed E-state index contributed by atoms with van der Waals surface area (Å²) in [5, 5.41) is 10.8. The Bertz CT molecular complexity index is 1250. The minimum atomic E-state index is -0.0341. The van der Waals surface area contributed by atoms with Gasteiger partial charge in [0.05, 0.1) is 0 Å². The fraction of sp³-hybridized carbons (Fsp3) is 0.276. The smallest absolute Gasteiger partial charge is 0.195 e. The molecule has 1 heterocycles. The highest BCUT2D eigenvalue weighted by Crippen LogP contribution is 2.41. The highest BCUT2D eigenvalue weighted by molar-refractivity contribution is 7.22. The molecule has 0 bridgehead atoms. The van der Waals surface area contributed by atoms with Crippen molar-refractivity contribution in [3.05, 3.63) is 83.9 Å². The van der Waals surface area contributed by atoms with E-state index in [1.807, 2.05) is 60.7 Å². The minimum absolute atomic E-state index is 0.0341. The molecule has 0 saturated heterocycles. The topological polar surface area (TPSA) is 49.8 Å². The third-order valence-corrected chi connectivity index (χ3v) is 7.20. The molecule has 0 radical (unpaired) electrons. The SMILES string of the molecule is CC(C)N(CCOc1ccc(C(=O)c2c(-c3ccccc3)sc3cc(O)ccc23)cc1)C(C)C. The van der Waals surface area contributed by atoms with E-state index < -0.39 is 0 Å². The van der Waals surface area contributed by atoms with Gasteiger partial charge in [0.1, 0.15) is 18.1 Å². The lowest BCUT2D eigenvalue weighted by Gasteiger charge is -2.30. The van der Waals surface area contributed by atoms with Gasteiger partial charge in [-0.2, -0.15) is 0 Å². The maximum Gasteiger partial charge on any atom is 0.195 e. The van der Waals surface area contributed by atoms with E-state index in [1.165, 1.54) is 11.3 Å². The highest BCUT2D eigenvalue weighted by atomic mass is 32.1. The molecule has 0 atom stereocenters. The summed E-state index contributed by atoms with van der Waals surface area (Å²) in [6, 6.07) is 23.4. The first-order chi connectivity index (χ1) is 16.3. The summed E-state index contributed by atoms with van der Waals surface area (Å²) in [6.07, 6.45) is 0. The van der Waals surface area contributed by atoms with Crippen LogP contribution in [0, 0.1) is 0 Å². The van der Waals surface area contributed by atoms with Gasteiger partial charge in [0.15, 0.2) is 5.78 Å². The average molecular weight is 474 g/mol. The lowest BCUT2D eigenvalue weighted by molar-refractivity contribution is 0.104. The van der Waals surface area contributed by atoms with Gasteiger partial charge in [-0.25, -0.2) is 0 Å². The van der Waals surface area contributed by atoms with Crippen LogP contribution in [-0.2, 0) is 0 Å². The second-order valence-corrected chi connectivity index (χ2v) is 10.0. The van der Waals surface area contributed by atoms with Crippen molar-refractivity contribution >= 4 is 27.2 Å². The molecule has 4 aromatic rings. The van der Waals surface area contributed by atoms with Gasteiger partial charge < -0.3 is 9.84 Å². The number of carbonyl (C=O) groups excluding carboxylic acids is 1. The van der Waals surface area contributed by atoms with Crippen LogP contribution in [0.15, 0.2) is 72.8 Å². The van der Waals surface area contributed by atoms with Gasteiger partial charge in [-0.15, -0.1) is 11.3 Å². The second-order valence-electron chi connectivity index (χ2n) is 8.98. The molecule has 4 rings (SSSR count). The fourth-order valence-electron chi connectivity index (χ4n) is 4.33. The molecule has 0 spiro atoms. The molecular formula is C29H31NO3S. The number of thiophene rings is 1. The van der Waals surface area contributed by atoms with Crippen LogP contribution in [0.3, 0.4) is 0 Å². The quantitative estimate of drug-likeness (QED) is 0.266. The van der Waals surface area contributed by atoms with E-state index in [0.29, 0.717) is 29.8 Å². The van der Waals surface area contributed by atoms with Gasteiger partial charge in [0.2, 0.25) is 0 Å². The number of benzene rings is 3. The molecule has 3 aromatic carbocycles. The first-order valence-electron chi connectivity index (χ1n) is 11.7. The van der Waals surface area contributed by atoms with Crippen LogP contribution in [0.2, 0.25) is 0 Å². The van der Waals surface area contributed by atoms with E-state index in [0.717, 1.165) is 32.8 Å². The monoisotopic (exact) mass is 473 g/mol. The summed E-state index contributed by atoms with van der Waals surface area (Å²) < 4.78 is 6.85. The molecule has 0 aliphatic rings. The van der Waals surface area contributed by atoms with Crippen molar-refractivity contribution < 1.29 is 14.6 Å². The lowest BCUT2D eigenvalue weighted by atomic mass is 9.97. The molecule has 4 nitrogen and oxygen atoms in total. The molecule has 0 aliphatic carbocycles. The second kappa shape index (κ2) is 10.4. The third-order valence-electron chi connectivity index (χ3n) is 6.00. The molecule has 0 fully saturated rings. The Labute approximate surface area is 205 Å². The number of nitrogens with zero attached hydrogens (tertiary/aromatic N) is 1. The number of hydrogen-bond acceptors (Lipinski definition) is 5. The van der Waals surface area contributed by atoms with Crippen LogP contribution in [-0.4, -0.2) is 41.0 Å². The minimum Gasteiger partial charge on any atom is -0.508 e. The summed E-state index contributed by atoms with van der Waals surface area (Å²) in [5.41, 5.74) is 2.28. The molecule has 0 saturated carbocycles. The van der Waals surface area contributed by atoms with Crippen LogP contribution in [0.5, 0.6) is 11.5 Å². The standard InChI is InChI=1S/C29H31NO3S/c1-19(2)30(20(3)4)16-17-33-24-13-10-21(11-14-24)28(32)27-25-15-12-23(31)18-26(25)34-29(27)22-8-6-5-7-9-22/h5-15,18-20,31H,16-17H2,1-4H3. The largest absolute Gasteiger partial charge is 0.508 e. The average Bonchev–Trinajstić information content (AvgIpc) is 3.20. The first-order valence-corrected chi connectivity index (χ1v) is 12.5. The zero-order valence-corrected chi connectivity index (χ0v) is 20.9. The van der Waals surface area contributed by atoms with Gasteiger partial charge in [0, 0.05) is 44.7 Å². The van der Waals surface area contributed by atoms with E-state index in [1.54, 1.807) is 12.1 Å². The zero-order valence-electron chi connectivity index (χ0n) is 20.1. The van der Waals surface area contributed by atoms with Gasteiger partial charge in [-0.1, -0.05) is 30.3 Å². The van der Waals surface area contributed by atoms with E-state index >= 15 is 0 Å². The molecule has 34 heavy (non-hydrogen) atoms. The number of aromatic hydroxyl groups is 1. The van der Waals surface area contributed by atoms with Crippen LogP contribution in [0.4, 0.5) is 0 Å². The molecule has 0 unspecified atom stereocenters. The molecule has 1 N–H and O–H groups in total. The fourth-order valence-corrected chi connectivity index (χ4v) is 5.57. The number of fused-ring (bicyclic) bond motifs is 1. The summed E-state index contributed by atoms with van der Waals surface area (Å²) in [4.78, 5) is 17.0. The number of rotatable bonds is 9. The zero-order chi connectivity index (χ0) is 24.2. The molecule has 0 amide bonds. The Morgan fingerprint density at radius 3 is 2.26 bits per heavy atom. The van der Waals surface area contributed by atoms with Gasteiger partial charge >= 0.3 is 0 Å². The summed E-state index contributed by atoms with van der Waals surface area (Å²) in [7, 11) is 0. The van der Waals surface area contributed by atoms with Crippen LogP contribution < -0.4 is 4.74 Å². The van der Waals surface area contributed by atoms with Crippen molar-refractivity contribution in [1.29, 1.82) is 0 Å². The van der Waals surface area contributed by atoms with Crippen LogP contribution >= 0.6 is 11.3 Å². The van der Waals surface area contributed by atoms with Crippen molar-refractivity contribution in [2.45, 2.75) is 39.8 Å². The number of hydrogen-bond donors (Lipinski definition) is 1. The summed E-state index contributed by atoms with van der Waals surface area (Å²) in [5.74, 6) is 0.919. The van der Waals surface area contributed by atoms with Crippen molar-refractivity contribution in [1.82, 2.24) is 4.90 Å².